The fraction of sp³-hybridized carbons (Fsp3) is 0.125. The number of nitrogens with one attached hydrogen (secondary N) is 1. The molecule has 2 aromatic carbocycles. The van der Waals surface area contributed by atoms with E-state index in [-0.39, 0.29) is 11.1 Å². The summed E-state index contributed by atoms with van der Waals surface area (Å²) in [5.74, 6) is 1.61. The molecule has 0 aliphatic heterocycles. The van der Waals surface area contributed by atoms with Crippen LogP contribution >= 0.6 is 0 Å². The van der Waals surface area contributed by atoms with Crippen LogP contribution in [-0.4, -0.2) is 32.2 Å². The lowest BCUT2D eigenvalue weighted by Gasteiger charge is -2.09. The molecule has 1 N–H and O–H groups in total. The highest BCUT2D eigenvalue weighted by atomic mass is 16.5. The van der Waals surface area contributed by atoms with Gasteiger partial charge in [0.2, 0.25) is 5.55 Å². The highest BCUT2D eigenvalue weighted by molar-refractivity contribution is 6.05. The van der Waals surface area contributed by atoms with Crippen molar-refractivity contribution in [2.45, 2.75) is 0 Å². The molecule has 0 bridgehead atoms. The molecule has 0 radical (unpaired) electrons. The van der Waals surface area contributed by atoms with Crippen LogP contribution in [0, 0.1) is 0 Å². The van der Waals surface area contributed by atoms with Crippen LogP contribution in [-0.2, 0) is 0 Å². The van der Waals surface area contributed by atoms with Crippen LogP contribution in [0.1, 0.15) is 10.4 Å². The molecule has 0 aliphatic carbocycles. The first-order chi connectivity index (χ1) is 15.6. The number of hydrogen-bond donors (Lipinski definition) is 1. The van der Waals surface area contributed by atoms with Gasteiger partial charge in [0, 0.05) is 17.6 Å². The summed E-state index contributed by atoms with van der Waals surface area (Å²) >= 11 is 0. The zero-order valence-electron chi connectivity index (χ0n) is 17.8. The number of nitrogens with zero attached hydrogens (tertiary/aromatic N) is 2. The van der Waals surface area contributed by atoms with Crippen molar-refractivity contribution in [3.63, 3.8) is 0 Å². The molecule has 2 heterocycles. The van der Waals surface area contributed by atoms with E-state index >= 15 is 0 Å². The lowest BCUT2D eigenvalue weighted by atomic mass is 10.1. The first kappa shape index (κ1) is 20.9. The Kier molecular flexibility index (Phi) is 6.03. The van der Waals surface area contributed by atoms with Crippen LogP contribution in [0.4, 0.5) is 11.5 Å². The Morgan fingerprint density at radius 3 is 2.44 bits per heavy atom. The molecule has 0 atom stereocenters. The maximum atomic E-state index is 13.1. The van der Waals surface area contributed by atoms with Gasteiger partial charge in [-0.2, -0.15) is 0 Å². The molecule has 0 unspecified atom stereocenters. The average Bonchev–Trinajstić information content (AvgIpc) is 2.83. The predicted octanol–water partition coefficient (Wildman–Crippen LogP) is 4.34. The molecule has 4 rings (SSSR count). The number of fused-ring (bicyclic) bond motifs is 1. The van der Waals surface area contributed by atoms with Crippen LogP contribution < -0.4 is 25.1 Å². The minimum Gasteiger partial charge on any atom is -0.493 e. The lowest BCUT2D eigenvalue weighted by Crippen LogP contribution is -2.22. The Morgan fingerprint density at radius 1 is 0.906 bits per heavy atom. The van der Waals surface area contributed by atoms with E-state index in [2.05, 4.69) is 15.3 Å². The molecule has 8 heteroatoms. The van der Waals surface area contributed by atoms with E-state index in [4.69, 9.17) is 18.6 Å². The van der Waals surface area contributed by atoms with Gasteiger partial charge >= 0.3 is 0 Å². The third-order valence-electron chi connectivity index (χ3n) is 4.71. The molecule has 32 heavy (non-hydrogen) atoms. The summed E-state index contributed by atoms with van der Waals surface area (Å²) < 4.78 is 22.1. The minimum atomic E-state index is -0.406. The summed E-state index contributed by atoms with van der Waals surface area (Å²) in [5, 5.41) is 3.47. The van der Waals surface area contributed by atoms with Crippen LogP contribution in [0.5, 0.6) is 17.2 Å². The van der Waals surface area contributed by atoms with Crippen LogP contribution in [0.3, 0.4) is 0 Å². The highest BCUT2D eigenvalue weighted by Crippen LogP contribution is 2.31. The summed E-state index contributed by atoms with van der Waals surface area (Å²) in [6.07, 6.45) is 1.60. The average molecular weight is 431 g/mol. The van der Waals surface area contributed by atoms with Gasteiger partial charge in [0.25, 0.3) is 5.91 Å². The lowest BCUT2D eigenvalue weighted by molar-refractivity contribution is 0.102. The Morgan fingerprint density at radius 2 is 1.72 bits per heavy atom. The van der Waals surface area contributed by atoms with E-state index in [1.807, 2.05) is 12.1 Å². The zero-order valence-corrected chi connectivity index (χ0v) is 17.8. The van der Waals surface area contributed by atoms with E-state index in [0.29, 0.717) is 39.7 Å². The van der Waals surface area contributed by atoms with Crippen molar-refractivity contribution in [2.75, 3.05) is 26.6 Å². The van der Waals surface area contributed by atoms with Gasteiger partial charge in [-0.25, -0.2) is 9.98 Å². The monoisotopic (exact) mass is 431 g/mol. The SMILES string of the molecule is COc1ccc(N=c2oc3c(OC)cccc3cc2C(=O)Nc2ccccn2)cc1OC. The van der Waals surface area contributed by atoms with Gasteiger partial charge in [-0.1, -0.05) is 18.2 Å². The number of pyridine rings is 1. The maximum absolute atomic E-state index is 13.1. The van der Waals surface area contributed by atoms with E-state index in [0.717, 1.165) is 0 Å². The van der Waals surface area contributed by atoms with Gasteiger partial charge in [-0.15, -0.1) is 0 Å². The van der Waals surface area contributed by atoms with Crippen molar-refractivity contribution in [3.05, 3.63) is 78.0 Å². The molecule has 4 aromatic rings. The summed E-state index contributed by atoms with van der Waals surface area (Å²) in [4.78, 5) is 21.8. The molecule has 0 fully saturated rings. The molecule has 8 nitrogen and oxygen atoms in total. The Bertz CT molecular complexity index is 1330. The fourth-order valence-electron chi connectivity index (χ4n) is 3.16. The van der Waals surface area contributed by atoms with E-state index < -0.39 is 5.91 Å². The third-order valence-corrected chi connectivity index (χ3v) is 4.71. The number of aromatic nitrogens is 1. The summed E-state index contributed by atoms with van der Waals surface area (Å²) in [5.41, 5.74) is 1.35. The van der Waals surface area contributed by atoms with Gasteiger partial charge in [-0.05, 0) is 36.4 Å². The smallest absolute Gasteiger partial charge is 0.262 e. The summed E-state index contributed by atoms with van der Waals surface area (Å²) in [6.45, 7) is 0. The van der Waals surface area contributed by atoms with Crippen molar-refractivity contribution in [3.8, 4) is 17.2 Å². The Hall–Kier alpha value is -4.33. The Balaban J connectivity index is 1.89. The van der Waals surface area contributed by atoms with Gasteiger partial charge < -0.3 is 23.9 Å². The third kappa shape index (κ3) is 4.24. The minimum absolute atomic E-state index is 0.114. The van der Waals surface area contributed by atoms with E-state index in [1.165, 1.54) is 0 Å². The second-order valence-corrected chi connectivity index (χ2v) is 6.66. The number of rotatable bonds is 6. The van der Waals surface area contributed by atoms with Crippen molar-refractivity contribution in [2.24, 2.45) is 4.99 Å². The number of ether oxygens (including phenoxy) is 3. The number of amides is 1. The summed E-state index contributed by atoms with van der Waals surface area (Å²) in [6, 6.07) is 17.6. The van der Waals surface area contributed by atoms with Gasteiger partial charge in [0.15, 0.2) is 22.8 Å². The van der Waals surface area contributed by atoms with Gasteiger partial charge in [0.05, 0.1) is 27.0 Å². The van der Waals surface area contributed by atoms with Crippen LogP contribution in [0.2, 0.25) is 0 Å². The molecular weight excluding hydrogens is 410 g/mol. The van der Waals surface area contributed by atoms with Gasteiger partial charge in [-0.3, -0.25) is 4.79 Å². The predicted molar refractivity (Wildman–Crippen MR) is 120 cm³/mol. The number of carbonyl (C=O) groups is 1. The first-order valence-corrected chi connectivity index (χ1v) is 9.73. The molecule has 162 valence electrons. The Labute approximate surface area is 184 Å². The maximum Gasteiger partial charge on any atom is 0.262 e. The van der Waals surface area contributed by atoms with Crippen molar-refractivity contribution >= 4 is 28.4 Å². The number of benzene rings is 2. The molecule has 0 saturated heterocycles. The quantitative estimate of drug-likeness (QED) is 0.488. The topological polar surface area (TPSA) is 95.2 Å². The number of carbonyl (C=O) groups excluding carboxylic acids is 1. The zero-order chi connectivity index (χ0) is 22.5. The molecule has 1 amide bonds. The van der Waals surface area contributed by atoms with Crippen molar-refractivity contribution < 1.29 is 23.4 Å². The number of anilines is 1. The second kappa shape index (κ2) is 9.22. The van der Waals surface area contributed by atoms with Crippen molar-refractivity contribution in [1.82, 2.24) is 4.98 Å². The summed E-state index contributed by atoms with van der Waals surface area (Å²) in [7, 11) is 4.65. The van der Waals surface area contributed by atoms with Crippen LogP contribution in [0.25, 0.3) is 11.0 Å². The standard InChI is InChI=1S/C24H21N3O5/c1-29-18-11-10-16(14-20(18)31-3)26-24-17(23(28)27-21-9-4-5-12-25-21)13-15-7-6-8-19(30-2)22(15)32-24/h4-14H,1-3H3,(H,25,27,28). The number of hydrogen-bond acceptors (Lipinski definition) is 7. The fourth-order valence-corrected chi connectivity index (χ4v) is 3.16. The molecule has 0 aliphatic rings. The largest absolute Gasteiger partial charge is 0.493 e. The van der Waals surface area contributed by atoms with Crippen LogP contribution in [0.15, 0.2) is 76.3 Å². The van der Waals surface area contributed by atoms with E-state index in [9.17, 15) is 4.79 Å². The first-order valence-electron chi connectivity index (χ1n) is 9.73. The molecule has 2 aromatic heterocycles. The normalized spacial score (nSPS) is 11.3. The molecule has 0 spiro atoms. The van der Waals surface area contributed by atoms with E-state index in [1.54, 1.807) is 76.1 Å². The van der Waals surface area contributed by atoms with Gasteiger partial charge in [0.1, 0.15) is 11.4 Å². The second-order valence-electron chi connectivity index (χ2n) is 6.66. The number of para-hydroxylation sites is 1. The van der Waals surface area contributed by atoms with Crippen molar-refractivity contribution in [1.29, 1.82) is 0 Å². The highest BCUT2D eigenvalue weighted by Gasteiger charge is 2.16. The molecule has 0 saturated carbocycles. The molecular formula is C24H21N3O5. The number of methoxy groups -OCH3 is 3.